The van der Waals surface area contributed by atoms with Crippen LogP contribution in [0.3, 0.4) is 0 Å². The molecule has 0 spiro atoms. The number of likely N-dealkylation sites (N-methyl/N-ethyl adjacent to an activating group) is 1. The van der Waals surface area contributed by atoms with E-state index in [-0.39, 0.29) is 6.04 Å². The van der Waals surface area contributed by atoms with Crippen LogP contribution < -0.4 is 4.90 Å². The number of anilines is 1. The highest BCUT2D eigenvalue weighted by Gasteiger charge is 2.34. The van der Waals surface area contributed by atoms with Crippen LogP contribution in [0, 0.1) is 5.82 Å². The molecule has 20 heavy (non-hydrogen) atoms. The monoisotopic (exact) mass is 290 g/mol. The molecular formula is C13H14F4N2O. The Balaban J connectivity index is 2.18. The van der Waals surface area contributed by atoms with Gasteiger partial charge in [0.15, 0.2) is 6.40 Å². The van der Waals surface area contributed by atoms with E-state index in [9.17, 15) is 17.6 Å². The fourth-order valence-electron chi connectivity index (χ4n) is 2.03. The van der Waals surface area contributed by atoms with Gasteiger partial charge in [-0.15, -0.1) is 0 Å². The highest BCUT2D eigenvalue weighted by Crippen LogP contribution is 2.33. The van der Waals surface area contributed by atoms with E-state index < -0.39 is 17.6 Å². The molecule has 1 aromatic rings. The minimum absolute atomic E-state index is 0.0831. The van der Waals surface area contributed by atoms with Crippen molar-refractivity contribution in [3.8, 4) is 0 Å². The Hall–Kier alpha value is -1.79. The van der Waals surface area contributed by atoms with Gasteiger partial charge in [0, 0.05) is 18.8 Å². The maximum atomic E-state index is 13.6. The lowest BCUT2D eigenvalue weighted by Gasteiger charge is -2.25. The van der Waals surface area contributed by atoms with Crippen molar-refractivity contribution in [2.75, 3.05) is 24.6 Å². The number of ether oxygens (including phenoxy) is 1. The highest BCUT2D eigenvalue weighted by atomic mass is 19.4. The summed E-state index contributed by atoms with van der Waals surface area (Å²) in [6.07, 6.45) is -3.32. The Kier molecular flexibility index (Phi) is 4.15. The zero-order chi connectivity index (χ0) is 14.8. The number of hydrogen-bond acceptors (Lipinski definition) is 3. The lowest BCUT2D eigenvalue weighted by Crippen LogP contribution is -2.32. The molecule has 1 aromatic carbocycles. The third kappa shape index (κ3) is 3.20. The maximum absolute atomic E-state index is 13.6. The second-order valence-corrected chi connectivity index (χ2v) is 4.44. The van der Waals surface area contributed by atoms with Crippen LogP contribution in [0.4, 0.5) is 23.2 Å². The standard InChI is InChI=1S/C13H14F4N2O/c1-2-19(6-9-7-20-8-18-9)10-3-4-11(12(14)5-10)13(15,16)17/h3-5,8-9H,2,6-7H2,1H3/t9-/m0/s1. The van der Waals surface area contributed by atoms with Crippen LogP contribution in [0.2, 0.25) is 0 Å². The van der Waals surface area contributed by atoms with Crippen molar-refractivity contribution < 1.29 is 22.3 Å². The largest absolute Gasteiger partial charge is 0.481 e. The van der Waals surface area contributed by atoms with Crippen molar-refractivity contribution in [1.82, 2.24) is 0 Å². The smallest absolute Gasteiger partial charge is 0.419 e. The van der Waals surface area contributed by atoms with Gasteiger partial charge in [-0.2, -0.15) is 13.2 Å². The first kappa shape index (κ1) is 14.6. The SMILES string of the molecule is CCN(C[C@H]1COC=N1)c1ccc(C(F)(F)F)c(F)c1. The van der Waals surface area contributed by atoms with Crippen LogP contribution >= 0.6 is 0 Å². The summed E-state index contributed by atoms with van der Waals surface area (Å²) >= 11 is 0. The number of alkyl halides is 3. The molecule has 0 saturated carbocycles. The predicted molar refractivity (Wildman–Crippen MR) is 67.5 cm³/mol. The van der Waals surface area contributed by atoms with Gasteiger partial charge >= 0.3 is 6.18 Å². The molecule has 2 rings (SSSR count). The summed E-state index contributed by atoms with van der Waals surface area (Å²) in [5.41, 5.74) is -0.848. The highest BCUT2D eigenvalue weighted by molar-refractivity contribution is 5.51. The van der Waals surface area contributed by atoms with Gasteiger partial charge in [0.25, 0.3) is 0 Å². The van der Waals surface area contributed by atoms with Gasteiger partial charge in [-0.1, -0.05) is 0 Å². The van der Waals surface area contributed by atoms with Gasteiger partial charge < -0.3 is 9.64 Å². The van der Waals surface area contributed by atoms with Crippen LogP contribution in [0.1, 0.15) is 12.5 Å². The molecule has 0 radical (unpaired) electrons. The van der Waals surface area contributed by atoms with Gasteiger partial charge in [-0.25, -0.2) is 9.38 Å². The molecule has 0 aliphatic carbocycles. The van der Waals surface area contributed by atoms with Crippen LogP contribution in [0.5, 0.6) is 0 Å². The topological polar surface area (TPSA) is 24.8 Å². The number of aliphatic imine (C=N–C) groups is 1. The number of benzene rings is 1. The number of halogens is 4. The minimum atomic E-state index is -4.68. The van der Waals surface area contributed by atoms with E-state index in [1.54, 1.807) is 4.90 Å². The lowest BCUT2D eigenvalue weighted by atomic mass is 10.1. The van der Waals surface area contributed by atoms with E-state index in [0.717, 1.165) is 12.1 Å². The van der Waals surface area contributed by atoms with Crippen molar-refractivity contribution in [1.29, 1.82) is 0 Å². The molecule has 1 aliphatic rings. The van der Waals surface area contributed by atoms with Crippen molar-refractivity contribution in [3.05, 3.63) is 29.6 Å². The first-order valence-corrected chi connectivity index (χ1v) is 6.16. The molecule has 3 nitrogen and oxygen atoms in total. The van der Waals surface area contributed by atoms with Crippen molar-refractivity contribution in [3.63, 3.8) is 0 Å². The van der Waals surface area contributed by atoms with Crippen LogP contribution in [0.15, 0.2) is 23.2 Å². The molecule has 0 unspecified atom stereocenters. The summed E-state index contributed by atoms with van der Waals surface area (Å²) in [5, 5.41) is 0. The summed E-state index contributed by atoms with van der Waals surface area (Å²) in [5.74, 6) is -1.26. The molecule has 7 heteroatoms. The van der Waals surface area contributed by atoms with E-state index in [0.29, 0.717) is 25.4 Å². The third-order valence-electron chi connectivity index (χ3n) is 3.07. The average molecular weight is 290 g/mol. The quantitative estimate of drug-likeness (QED) is 0.796. The van der Waals surface area contributed by atoms with Gasteiger partial charge in [0.05, 0.1) is 5.56 Å². The van der Waals surface area contributed by atoms with Gasteiger partial charge in [-0.3, -0.25) is 0 Å². The molecule has 0 aromatic heterocycles. The Morgan fingerprint density at radius 1 is 1.40 bits per heavy atom. The van der Waals surface area contributed by atoms with E-state index in [1.165, 1.54) is 12.5 Å². The van der Waals surface area contributed by atoms with Crippen LogP contribution in [-0.2, 0) is 10.9 Å². The minimum Gasteiger partial charge on any atom is -0.481 e. The number of nitrogens with zero attached hydrogens (tertiary/aromatic N) is 2. The molecule has 1 aliphatic heterocycles. The zero-order valence-electron chi connectivity index (χ0n) is 10.8. The van der Waals surface area contributed by atoms with Gasteiger partial charge in [0.1, 0.15) is 18.5 Å². The molecule has 1 heterocycles. The van der Waals surface area contributed by atoms with E-state index in [4.69, 9.17) is 4.74 Å². The average Bonchev–Trinajstić information content (AvgIpc) is 2.87. The second kappa shape index (κ2) is 5.68. The fourth-order valence-corrected chi connectivity index (χ4v) is 2.03. The summed E-state index contributed by atoms with van der Waals surface area (Å²) in [4.78, 5) is 5.83. The molecule has 0 bridgehead atoms. The zero-order valence-corrected chi connectivity index (χ0v) is 10.8. The predicted octanol–water partition coefficient (Wildman–Crippen LogP) is 3.10. The number of rotatable bonds is 4. The van der Waals surface area contributed by atoms with Crippen LogP contribution in [-0.4, -0.2) is 32.1 Å². The van der Waals surface area contributed by atoms with Gasteiger partial charge in [-0.05, 0) is 25.1 Å². The second-order valence-electron chi connectivity index (χ2n) is 4.44. The molecular weight excluding hydrogens is 276 g/mol. The Morgan fingerprint density at radius 3 is 2.65 bits per heavy atom. The molecule has 0 amide bonds. The Labute approximate surface area is 113 Å². The molecule has 1 atom stereocenters. The molecule has 0 N–H and O–H groups in total. The molecule has 110 valence electrons. The summed E-state index contributed by atoms with van der Waals surface area (Å²) in [7, 11) is 0. The first-order chi connectivity index (χ1) is 9.41. The van der Waals surface area contributed by atoms with Gasteiger partial charge in [0.2, 0.25) is 0 Å². The normalized spacial score (nSPS) is 18.1. The first-order valence-electron chi connectivity index (χ1n) is 6.16. The van der Waals surface area contributed by atoms with E-state index >= 15 is 0 Å². The lowest BCUT2D eigenvalue weighted by molar-refractivity contribution is -0.139. The summed E-state index contributed by atoms with van der Waals surface area (Å²) in [6, 6.07) is 2.86. The van der Waals surface area contributed by atoms with Crippen molar-refractivity contribution in [2.24, 2.45) is 4.99 Å². The molecule has 0 fully saturated rings. The summed E-state index contributed by atoms with van der Waals surface area (Å²) in [6.45, 7) is 3.28. The molecule has 0 saturated heterocycles. The maximum Gasteiger partial charge on any atom is 0.419 e. The summed E-state index contributed by atoms with van der Waals surface area (Å²) < 4.78 is 56.0. The fraction of sp³-hybridized carbons (Fsp3) is 0.462. The van der Waals surface area contributed by atoms with E-state index in [1.807, 2.05) is 6.92 Å². The van der Waals surface area contributed by atoms with Crippen molar-refractivity contribution in [2.45, 2.75) is 19.1 Å². The number of hydrogen-bond donors (Lipinski definition) is 0. The third-order valence-corrected chi connectivity index (χ3v) is 3.07. The Bertz CT molecular complexity index is 502. The Morgan fingerprint density at radius 2 is 2.15 bits per heavy atom. The van der Waals surface area contributed by atoms with Crippen LogP contribution in [0.25, 0.3) is 0 Å². The van der Waals surface area contributed by atoms with Crippen molar-refractivity contribution >= 4 is 12.1 Å². The van der Waals surface area contributed by atoms with E-state index in [2.05, 4.69) is 4.99 Å².